The molecule has 2 heterocycles. The van der Waals surface area contributed by atoms with Crippen LogP contribution < -0.4 is 10.6 Å². The first kappa shape index (κ1) is 16.6. The molecule has 2 unspecified atom stereocenters. The van der Waals surface area contributed by atoms with Crippen molar-refractivity contribution in [2.45, 2.75) is 19.3 Å². The van der Waals surface area contributed by atoms with Gasteiger partial charge >= 0.3 is 0 Å². The number of allylic oxidation sites excluding steroid dienone is 1. The third-order valence-corrected chi connectivity index (χ3v) is 6.08. The summed E-state index contributed by atoms with van der Waals surface area (Å²) in [6.45, 7) is 1.55. The standard InChI is InChI=1S/C13H24N2O4S2/c1-20(16,17)8-5-10-3-6-14-13-12(10)11(4-7-15-13)9-21(2,18)19/h10-11,14-15H,3-9H2,1-2H3. The SMILES string of the molecule is CS(=O)(=O)CCC1CCNC2=C1C(CS(C)(=O)=O)CCN2. The fraction of sp³-hybridized carbons (Fsp3) is 0.846. The van der Waals surface area contributed by atoms with E-state index in [1.54, 1.807) is 0 Å². The van der Waals surface area contributed by atoms with Crippen LogP contribution in [0.1, 0.15) is 19.3 Å². The van der Waals surface area contributed by atoms with E-state index in [9.17, 15) is 16.8 Å². The maximum atomic E-state index is 11.6. The molecule has 0 bridgehead atoms. The predicted octanol–water partition coefficient (Wildman–Crippen LogP) is -0.104. The monoisotopic (exact) mass is 336 g/mol. The molecule has 6 nitrogen and oxygen atoms in total. The van der Waals surface area contributed by atoms with Gasteiger partial charge in [0, 0.05) is 25.6 Å². The smallest absolute Gasteiger partial charge is 0.148 e. The van der Waals surface area contributed by atoms with Crippen LogP contribution in [0.5, 0.6) is 0 Å². The predicted molar refractivity (Wildman–Crippen MR) is 83.3 cm³/mol. The van der Waals surface area contributed by atoms with Gasteiger partial charge in [-0.2, -0.15) is 0 Å². The summed E-state index contributed by atoms with van der Waals surface area (Å²) in [7, 11) is -6.04. The Morgan fingerprint density at radius 2 is 1.52 bits per heavy atom. The van der Waals surface area contributed by atoms with Crippen molar-refractivity contribution in [2.75, 3.05) is 37.1 Å². The molecule has 8 heteroatoms. The van der Waals surface area contributed by atoms with Crippen molar-refractivity contribution in [1.82, 2.24) is 10.6 Å². The van der Waals surface area contributed by atoms with Gasteiger partial charge in [-0.25, -0.2) is 16.8 Å². The van der Waals surface area contributed by atoms with Gasteiger partial charge in [0.2, 0.25) is 0 Å². The Kier molecular flexibility index (Phi) is 4.87. The van der Waals surface area contributed by atoms with Gasteiger partial charge in [-0.3, -0.25) is 0 Å². The van der Waals surface area contributed by atoms with Crippen molar-refractivity contribution in [3.05, 3.63) is 11.4 Å². The summed E-state index contributed by atoms with van der Waals surface area (Å²) in [6, 6.07) is 0. The Hall–Kier alpha value is -0.760. The minimum atomic E-state index is -3.05. The second-order valence-electron chi connectivity index (χ2n) is 6.17. The Morgan fingerprint density at radius 3 is 2.05 bits per heavy atom. The average Bonchev–Trinajstić information content (AvgIpc) is 2.33. The fourth-order valence-electron chi connectivity index (χ4n) is 3.26. The Morgan fingerprint density at radius 1 is 0.952 bits per heavy atom. The summed E-state index contributed by atoms with van der Waals surface area (Å²) >= 11 is 0. The maximum absolute atomic E-state index is 11.6. The molecule has 0 aromatic rings. The molecule has 2 N–H and O–H groups in total. The van der Waals surface area contributed by atoms with Crippen molar-refractivity contribution in [1.29, 1.82) is 0 Å². The van der Waals surface area contributed by atoms with E-state index in [1.165, 1.54) is 12.5 Å². The molecule has 2 rings (SSSR count). The lowest BCUT2D eigenvalue weighted by atomic mass is 9.80. The van der Waals surface area contributed by atoms with Crippen LogP contribution in [-0.4, -0.2) is 53.9 Å². The van der Waals surface area contributed by atoms with E-state index in [2.05, 4.69) is 10.6 Å². The van der Waals surface area contributed by atoms with Crippen molar-refractivity contribution in [3.63, 3.8) is 0 Å². The molecule has 21 heavy (non-hydrogen) atoms. The van der Waals surface area contributed by atoms with Crippen molar-refractivity contribution >= 4 is 19.7 Å². The third kappa shape index (κ3) is 4.88. The molecule has 0 saturated carbocycles. The van der Waals surface area contributed by atoms with Gasteiger partial charge in [-0.05, 0) is 36.7 Å². The second kappa shape index (κ2) is 6.16. The van der Waals surface area contributed by atoms with Crippen LogP contribution in [0.15, 0.2) is 11.4 Å². The fourth-order valence-corrected chi connectivity index (χ4v) is 5.05. The van der Waals surface area contributed by atoms with Gasteiger partial charge in [0.15, 0.2) is 0 Å². The first-order chi connectivity index (χ1) is 9.66. The van der Waals surface area contributed by atoms with Gasteiger partial charge in [0.25, 0.3) is 0 Å². The third-order valence-electron chi connectivity index (χ3n) is 4.10. The van der Waals surface area contributed by atoms with E-state index < -0.39 is 19.7 Å². The molecular formula is C13H24N2O4S2. The summed E-state index contributed by atoms with van der Waals surface area (Å²) in [5.41, 5.74) is 1.08. The molecule has 0 amide bonds. The van der Waals surface area contributed by atoms with Gasteiger partial charge in [-0.1, -0.05) is 0 Å². The highest BCUT2D eigenvalue weighted by Crippen LogP contribution is 2.35. The number of hydrogen-bond donors (Lipinski definition) is 2. The average molecular weight is 336 g/mol. The van der Waals surface area contributed by atoms with Gasteiger partial charge in [0.1, 0.15) is 19.7 Å². The van der Waals surface area contributed by atoms with Crippen molar-refractivity contribution < 1.29 is 16.8 Å². The van der Waals surface area contributed by atoms with Crippen LogP contribution in [0.4, 0.5) is 0 Å². The van der Waals surface area contributed by atoms with E-state index in [0.29, 0.717) is 6.42 Å². The quantitative estimate of drug-likeness (QED) is 0.728. The van der Waals surface area contributed by atoms with Gasteiger partial charge in [-0.15, -0.1) is 0 Å². The lowest BCUT2D eigenvalue weighted by molar-refractivity contribution is 0.376. The first-order valence-electron chi connectivity index (χ1n) is 7.23. The van der Waals surface area contributed by atoms with Crippen LogP contribution >= 0.6 is 0 Å². The molecular weight excluding hydrogens is 312 g/mol. The largest absolute Gasteiger partial charge is 0.372 e. The zero-order chi connectivity index (χ0) is 15.7. The summed E-state index contributed by atoms with van der Waals surface area (Å²) < 4.78 is 46.1. The normalized spacial score (nSPS) is 26.8. The van der Waals surface area contributed by atoms with E-state index in [0.717, 1.165) is 37.3 Å². The minimum absolute atomic E-state index is 0.00592. The van der Waals surface area contributed by atoms with Crippen LogP contribution in [0.2, 0.25) is 0 Å². The van der Waals surface area contributed by atoms with Gasteiger partial charge in [0.05, 0.1) is 17.3 Å². The maximum Gasteiger partial charge on any atom is 0.148 e. The molecule has 2 aliphatic heterocycles. The molecule has 122 valence electrons. The Bertz CT molecular complexity index is 619. The number of nitrogens with one attached hydrogen (secondary N) is 2. The minimum Gasteiger partial charge on any atom is -0.372 e. The number of hydrogen-bond acceptors (Lipinski definition) is 6. The van der Waals surface area contributed by atoms with E-state index in [-0.39, 0.29) is 23.3 Å². The van der Waals surface area contributed by atoms with E-state index >= 15 is 0 Å². The molecule has 2 aliphatic rings. The lowest BCUT2D eigenvalue weighted by Gasteiger charge is -2.38. The molecule has 0 aromatic carbocycles. The van der Waals surface area contributed by atoms with Gasteiger partial charge < -0.3 is 10.6 Å². The number of sulfone groups is 2. The Balaban J connectivity index is 2.21. The van der Waals surface area contributed by atoms with Crippen molar-refractivity contribution in [3.8, 4) is 0 Å². The topological polar surface area (TPSA) is 92.3 Å². The highest BCUT2D eigenvalue weighted by molar-refractivity contribution is 7.90. The molecule has 0 radical (unpaired) electrons. The highest BCUT2D eigenvalue weighted by Gasteiger charge is 2.33. The molecule has 0 fully saturated rings. The van der Waals surface area contributed by atoms with Crippen LogP contribution in [0.25, 0.3) is 0 Å². The van der Waals surface area contributed by atoms with E-state index in [1.807, 2.05) is 0 Å². The highest BCUT2D eigenvalue weighted by atomic mass is 32.2. The van der Waals surface area contributed by atoms with Crippen LogP contribution in [-0.2, 0) is 19.7 Å². The summed E-state index contributed by atoms with van der Waals surface area (Å²) in [5, 5.41) is 6.58. The Labute approximate surface area is 127 Å². The van der Waals surface area contributed by atoms with E-state index in [4.69, 9.17) is 0 Å². The van der Waals surface area contributed by atoms with Crippen LogP contribution in [0, 0.1) is 11.8 Å². The lowest BCUT2D eigenvalue weighted by Crippen LogP contribution is -2.43. The zero-order valence-corrected chi connectivity index (χ0v) is 14.2. The summed E-state index contributed by atoms with van der Waals surface area (Å²) in [5.74, 6) is 1.37. The molecule has 0 saturated heterocycles. The number of rotatable bonds is 5. The zero-order valence-electron chi connectivity index (χ0n) is 12.6. The summed E-state index contributed by atoms with van der Waals surface area (Å²) in [4.78, 5) is 0. The molecule has 0 spiro atoms. The molecule has 0 aliphatic carbocycles. The second-order valence-corrected chi connectivity index (χ2v) is 10.6. The molecule has 2 atom stereocenters. The first-order valence-corrected chi connectivity index (χ1v) is 11.3. The van der Waals surface area contributed by atoms with Crippen molar-refractivity contribution in [2.24, 2.45) is 11.8 Å². The summed E-state index contributed by atoms with van der Waals surface area (Å²) in [6.07, 6.45) is 4.72. The van der Waals surface area contributed by atoms with Crippen LogP contribution in [0.3, 0.4) is 0 Å². The molecule has 0 aromatic heterocycles.